The first-order valence-corrected chi connectivity index (χ1v) is 11.4. The minimum Gasteiger partial charge on any atom is -0.438 e. The maximum atomic E-state index is 6.47. The van der Waals surface area contributed by atoms with Crippen molar-refractivity contribution in [3.05, 3.63) is 119 Å². The molecular weight excluding hydrogens is 444 g/mol. The second kappa shape index (κ2) is 7.40. The lowest BCUT2D eigenvalue weighted by Crippen LogP contribution is -2.15. The first-order chi connectivity index (χ1) is 16.8. The van der Waals surface area contributed by atoms with E-state index in [1.165, 1.54) is 0 Å². The number of hydrogen-bond acceptors (Lipinski definition) is 4. The molecule has 1 atom stereocenters. The smallest absolute Gasteiger partial charge is 0.228 e. The molecule has 0 aliphatic carbocycles. The highest BCUT2D eigenvalue weighted by Gasteiger charge is 2.34. The molecule has 0 spiro atoms. The molecule has 6 heteroatoms. The Morgan fingerprint density at radius 3 is 2.47 bits per heavy atom. The molecule has 0 bridgehead atoms. The van der Waals surface area contributed by atoms with E-state index >= 15 is 0 Å². The molecule has 34 heavy (non-hydrogen) atoms. The summed E-state index contributed by atoms with van der Waals surface area (Å²) in [5, 5.41) is 7.57. The molecule has 0 saturated heterocycles. The lowest BCUT2D eigenvalue weighted by Gasteiger charge is -2.28. The second-order valence-electron chi connectivity index (χ2n) is 8.32. The van der Waals surface area contributed by atoms with Gasteiger partial charge >= 0.3 is 0 Å². The number of hydrogen-bond donors (Lipinski definition) is 0. The molecule has 2 aromatic heterocycles. The second-order valence-corrected chi connectivity index (χ2v) is 8.76. The molecule has 4 aromatic carbocycles. The third-order valence-electron chi connectivity index (χ3n) is 6.33. The van der Waals surface area contributed by atoms with Crippen LogP contribution in [0.4, 0.5) is 0 Å². The Bertz CT molecular complexity index is 1690. The average molecular weight is 461 g/mol. The van der Waals surface area contributed by atoms with E-state index in [-0.39, 0.29) is 5.92 Å². The van der Waals surface area contributed by atoms with E-state index in [9.17, 15) is 0 Å². The normalized spacial score (nSPS) is 14.6. The van der Waals surface area contributed by atoms with Gasteiger partial charge in [-0.15, -0.1) is 5.10 Å². The topological polar surface area (TPSA) is 52.3 Å². The predicted molar refractivity (Wildman–Crippen MR) is 133 cm³/mol. The summed E-state index contributed by atoms with van der Waals surface area (Å²) < 4.78 is 8.20. The minimum atomic E-state index is -0.0944. The number of halogens is 1. The van der Waals surface area contributed by atoms with Crippen LogP contribution in [0, 0.1) is 0 Å². The molecule has 3 heterocycles. The zero-order chi connectivity index (χ0) is 22.6. The molecule has 0 fully saturated rings. The number of ether oxygens (including phenoxy) is 1. The molecule has 0 saturated carbocycles. The van der Waals surface area contributed by atoms with Gasteiger partial charge in [0, 0.05) is 27.5 Å². The zero-order valence-electron chi connectivity index (χ0n) is 17.9. The lowest BCUT2D eigenvalue weighted by atomic mass is 9.83. The molecule has 0 radical (unpaired) electrons. The summed E-state index contributed by atoms with van der Waals surface area (Å²) in [7, 11) is 0. The number of fused-ring (bicyclic) bond motifs is 6. The average Bonchev–Trinajstić information content (AvgIpc) is 3.33. The molecule has 5 nitrogen and oxygen atoms in total. The largest absolute Gasteiger partial charge is 0.438 e. The van der Waals surface area contributed by atoms with E-state index in [4.69, 9.17) is 26.4 Å². The van der Waals surface area contributed by atoms with E-state index < -0.39 is 0 Å². The van der Waals surface area contributed by atoms with E-state index in [1.54, 1.807) is 10.8 Å². The van der Waals surface area contributed by atoms with Crippen molar-refractivity contribution in [3.63, 3.8) is 0 Å². The highest BCUT2D eigenvalue weighted by atomic mass is 35.5. The molecule has 1 aliphatic rings. The number of benzene rings is 4. The molecule has 0 amide bonds. The van der Waals surface area contributed by atoms with Crippen molar-refractivity contribution >= 4 is 28.0 Å². The van der Waals surface area contributed by atoms with Crippen molar-refractivity contribution in [1.29, 1.82) is 0 Å². The van der Waals surface area contributed by atoms with Crippen LogP contribution in [0.2, 0.25) is 5.02 Å². The molecular formula is C28H17ClN4O. The standard InChI is InChI=1S/C28H17ClN4O/c29-20-13-10-19(11-14-20)26-31-27-24-23(18-7-2-1-3-8-18)22-15-12-17-6-4-5-9-21(17)25(22)34-28(24)30-16-33(27)32-26/h1-16,23H/t23-/m1/s1. The summed E-state index contributed by atoms with van der Waals surface area (Å²) in [5.41, 5.74) is 4.76. The zero-order valence-corrected chi connectivity index (χ0v) is 18.6. The SMILES string of the molecule is Clc1ccc(-c2nc3c4c(ncn3n2)Oc2c(ccc3ccccc23)[C@H]4c2ccccc2)cc1. The molecule has 6 aromatic rings. The Kier molecular flexibility index (Phi) is 4.19. The van der Waals surface area contributed by atoms with Gasteiger partial charge in [-0.25, -0.2) is 14.5 Å². The lowest BCUT2D eigenvalue weighted by molar-refractivity contribution is 0.437. The highest BCUT2D eigenvalue weighted by Crippen LogP contribution is 2.50. The van der Waals surface area contributed by atoms with Crippen molar-refractivity contribution in [3.8, 4) is 23.0 Å². The van der Waals surface area contributed by atoms with Crippen LogP contribution in [-0.4, -0.2) is 19.6 Å². The van der Waals surface area contributed by atoms with E-state index in [2.05, 4.69) is 53.5 Å². The minimum absolute atomic E-state index is 0.0944. The monoisotopic (exact) mass is 460 g/mol. The third kappa shape index (κ3) is 2.91. The third-order valence-corrected chi connectivity index (χ3v) is 6.58. The first-order valence-electron chi connectivity index (χ1n) is 11.0. The van der Waals surface area contributed by atoms with Gasteiger partial charge in [0.25, 0.3) is 0 Å². The fourth-order valence-corrected chi connectivity index (χ4v) is 4.89. The Hall–Kier alpha value is -4.22. The fourth-order valence-electron chi connectivity index (χ4n) is 4.76. The van der Waals surface area contributed by atoms with Crippen LogP contribution in [0.1, 0.15) is 22.6 Å². The molecule has 0 unspecified atom stereocenters. The number of aromatic nitrogens is 4. The van der Waals surface area contributed by atoms with Gasteiger partial charge in [-0.3, -0.25) is 0 Å². The maximum absolute atomic E-state index is 6.47. The van der Waals surface area contributed by atoms with Crippen molar-refractivity contribution in [2.45, 2.75) is 5.92 Å². The van der Waals surface area contributed by atoms with Crippen LogP contribution in [0.5, 0.6) is 11.6 Å². The molecule has 1 aliphatic heterocycles. The van der Waals surface area contributed by atoms with Crippen LogP contribution in [0.3, 0.4) is 0 Å². The van der Waals surface area contributed by atoms with Crippen LogP contribution < -0.4 is 4.74 Å². The summed E-state index contributed by atoms with van der Waals surface area (Å²) in [6.07, 6.45) is 1.67. The Morgan fingerprint density at radius 2 is 1.62 bits per heavy atom. The van der Waals surface area contributed by atoms with Gasteiger partial charge < -0.3 is 4.74 Å². The summed E-state index contributed by atoms with van der Waals surface area (Å²) in [4.78, 5) is 9.59. The summed E-state index contributed by atoms with van der Waals surface area (Å²) in [5.74, 6) is 1.92. The summed E-state index contributed by atoms with van der Waals surface area (Å²) >= 11 is 6.08. The Labute approximate surface area is 200 Å². The Balaban J connectivity index is 1.51. The summed E-state index contributed by atoms with van der Waals surface area (Å²) in [6.45, 7) is 0. The Morgan fingerprint density at radius 1 is 0.824 bits per heavy atom. The van der Waals surface area contributed by atoms with Crippen molar-refractivity contribution in [2.75, 3.05) is 0 Å². The molecule has 0 N–H and O–H groups in total. The van der Waals surface area contributed by atoms with Crippen molar-refractivity contribution in [1.82, 2.24) is 19.6 Å². The predicted octanol–water partition coefficient (Wildman–Crippen LogP) is 6.88. The van der Waals surface area contributed by atoms with E-state index in [0.717, 1.165) is 44.4 Å². The van der Waals surface area contributed by atoms with Crippen LogP contribution in [-0.2, 0) is 0 Å². The maximum Gasteiger partial charge on any atom is 0.228 e. The highest BCUT2D eigenvalue weighted by molar-refractivity contribution is 6.30. The summed E-state index contributed by atoms with van der Waals surface area (Å²) in [6, 6.07) is 30.5. The van der Waals surface area contributed by atoms with Crippen molar-refractivity contribution in [2.24, 2.45) is 0 Å². The van der Waals surface area contributed by atoms with Crippen LogP contribution in [0.25, 0.3) is 27.8 Å². The quantitative estimate of drug-likeness (QED) is 0.282. The first kappa shape index (κ1) is 19.3. The van der Waals surface area contributed by atoms with E-state index in [0.29, 0.717) is 16.7 Å². The van der Waals surface area contributed by atoms with Gasteiger partial charge in [0.1, 0.15) is 12.1 Å². The number of rotatable bonds is 2. The van der Waals surface area contributed by atoms with Gasteiger partial charge in [-0.05, 0) is 35.2 Å². The van der Waals surface area contributed by atoms with Gasteiger partial charge in [-0.1, -0.05) is 78.3 Å². The molecule has 7 rings (SSSR count). The fraction of sp³-hybridized carbons (Fsp3) is 0.0357. The van der Waals surface area contributed by atoms with Gasteiger partial charge in [0.15, 0.2) is 11.5 Å². The van der Waals surface area contributed by atoms with Gasteiger partial charge in [-0.2, -0.15) is 0 Å². The van der Waals surface area contributed by atoms with Crippen LogP contribution >= 0.6 is 11.6 Å². The van der Waals surface area contributed by atoms with E-state index in [1.807, 2.05) is 42.5 Å². The molecule has 162 valence electrons. The van der Waals surface area contributed by atoms with Crippen molar-refractivity contribution < 1.29 is 4.74 Å². The van der Waals surface area contributed by atoms with Gasteiger partial charge in [0.05, 0.1) is 5.56 Å². The number of nitrogens with zero attached hydrogens (tertiary/aromatic N) is 4. The van der Waals surface area contributed by atoms with Crippen LogP contribution in [0.15, 0.2) is 97.3 Å². The van der Waals surface area contributed by atoms with Gasteiger partial charge in [0.2, 0.25) is 5.88 Å².